The number of carbonyl (C=O) groups is 1. The minimum Gasteiger partial charge on any atom is -0.465 e. The van der Waals surface area contributed by atoms with Crippen molar-refractivity contribution in [2.75, 3.05) is 7.11 Å². The SMILES string of the molecule is COC(=O)c1ccc(COC2CCC(C)CC2)nc1. The van der Waals surface area contributed by atoms with Gasteiger partial charge in [0.15, 0.2) is 0 Å². The Hall–Kier alpha value is -1.42. The van der Waals surface area contributed by atoms with E-state index in [1.54, 1.807) is 6.07 Å². The fourth-order valence-corrected chi connectivity index (χ4v) is 2.35. The number of nitrogens with zero attached hydrogens (tertiary/aromatic N) is 1. The molecule has 1 aliphatic rings. The molecule has 0 unspecified atom stereocenters. The largest absolute Gasteiger partial charge is 0.465 e. The van der Waals surface area contributed by atoms with E-state index in [1.165, 1.54) is 26.1 Å². The van der Waals surface area contributed by atoms with Crippen molar-refractivity contribution < 1.29 is 14.3 Å². The summed E-state index contributed by atoms with van der Waals surface area (Å²) in [7, 11) is 1.36. The van der Waals surface area contributed by atoms with Gasteiger partial charge in [-0.1, -0.05) is 6.92 Å². The van der Waals surface area contributed by atoms with Gasteiger partial charge in [0.2, 0.25) is 0 Å². The summed E-state index contributed by atoms with van der Waals surface area (Å²) in [5.74, 6) is 0.471. The first-order valence-corrected chi connectivity index (χ1v) is 6.84. The molecule has 1 aromatic rings. The molecule has 1 aromatic heterocycles. The quantitative estimate of drug-likeness (QED) is 0.784. The monoisotopic (exact) mass is 263 g/mol. The number of aromatic nitrogens is 1. The van der Waals surface area contributed by atoms with Gasteiger partial charge in [-0.25, -0.2) is 4.79 Å². The summed E-state index contributed by atoms with van der Waals surface area (Å²) in [6, 6.07) is 3.54. The smallest absolute Gasteiger partial charge is 0.339 e. The Morgan fingerprint density at radius 3 is 2.63 bits per heavy atom. The molecule has 0 aliphatic heterocycles. The number of pyridine rings is 1. The molecule has 0 amide bonds. The van der Waals surface area contributed by atoms with E-state index in [9.17, 15) is 4.79 Å². The van der Waals surface area contributed by atoms with Crippen LogP contribution in [0.25, 0.3) is 0 Å². The lowest BCUT2D eigenvalue weighted by Crippen LogP contribution is -2.20. The maximum atomic E-state index is 11.3. The molecular weight excluding hydrogens is 242 g/mol. The Labute approximate surface area is 114 Å². The summed E-state index contributed by atoms with van der Waals surface area (Å²) in [4.78, 5) is 15.5. The zero-order chi connectivity index (χ0) is 13.7. The molecule has 104 valence electrons. The van der Waals surface area contributed by atoms with Crippen LogP contribution in [0.4, 0.5) is 0 Å². The molecule has 0 N–H and O–H groups in total. The lowest BCUT2D eigenvalue weighted by Gasteiger charge is -2.26. The van der Waals surface area contributed by atoms with Crippen molar-refractivity contribution in [2.24, 2.45) is 5.92 Å². The van der Waals surface area contributed by atoms with Crippen LogP contribution in [0.15, 0.2) is 18.3 Å². The molecular formula is C15H21NO3. The summed E-state index contributed by atoms with van der Waals surface area (Å²) in [6.07, 6.45) is 6.67. The highest BCUT2D eigenvalue weighted by molar-refractivity contribution is 5.88. The van der Waals surface area contributed by atoms with Crippen molar-refractivity contribution in [3.63, 3.8) is 0 Å². The van der Waals surface area contributed by atoms with Gasteiger partial charge in [-0.05, 0) is 43.7 Å². The zero-order valence-corrected chi connectivity index (χ0v) is 11.6. The zero-order valence-electron chi connectivity index (χ0n) is 11.6. The minimum atomic E-state index is -0.360. The van der Waals surface area contributed by atoms with E-state index in [4.69, 9.17) is 4.74 Å². The van der Waals surface area contributed by atoms with Gasteiger partial charge in [-0.3, -0.25) is 4.98 Å². The van der Waals surface area contributed by atoms with Crippen LogP contribution < -0.4 is 0 Å². The van der Waals surface area contributed by atoms with Crippen molar-refractivity contribution in [3.8, 4) is 0 Å². The minimum absolute atomic E-state index is 0.360. The van der Waals surface area contributed by atoms with Crippen LogP contribution >= 0.6 is 0 Å². The van der Waals surface area contributed by atoms with Crippen LogP contribution in [-0.2, 0) is 16.1 Å². The molecule has 1 aliphatic carbocycles. The third-order valence-corrected chi connectivity index (χ3v) is 3.68. The average Bonchev–Trinajstić information content (AvgIpc) is 2.46. The van der Waals surface area contributed by atoms with Crippen molar-refractivity contribution >= 4 is 5.97 Å². The second-order valence-electron chi connectivity index (χ2n) is 5.22. The van der Waals surface area contributed by atoms with Gasteiger partial charge in [0.1, 0.15) is 0 Å². The van der Waals surface area contributed by atoms with Gasteiger partial charge in [0.05, 0.1) is 31.1 Å². The molecule has 0 saturated heterocycles. The number of hydrogen-bond donors (Lipinski definition) is 0. The molecule has 0 spiro atoms. The number of carbonyl (C=O) groups excluding carboxylic acids is 1. The van der Waals surface area contributed by atoms with E-state index in [2.05, 4.69) is 16.6 Å². The van der Waals surface area contributed by atoms with Crippen LogP contribution in [0, 0.1) is 5.92 Å². The van der Waals surface area contributed by atoms with Crippen LogP contribution in [0.5, 0.6) is 0 Å². The predicted octanol–water partition coefficient (Wildman–Crippen LogP) is 2.96. The highest BCUT2D eigenvalue weighted by Gasteiger charge is 2.18. The Bertz CT molecular complexity index is 408. The molecule has 1 fully saturated rings. The first kappa shape index (κ1) is 14.0. The second kappa shape index (κ2) is 6.66. The third-order valence-electron chi connectivity index (χ3n) is 3.68. The standard InChI is InChI=1S/C15H21NO3/c1-11-3-7-14(8-4-11)19-10-13-6-5-12(9-16-13)15(17)18-2/h5-6,9,11,14H,3-4,7-8,10H2,1-2H3. The molecule has 4 heteroatoms. The van der Waals surface area contributed by atoms with Gasteiger partial charge in [0.25, 0.3) is 0 Å². The van der Waals surface area contributed by atoms with Gasteiger partial charge in [0, 0.05) is 6.20 Å². The first-order chi connectivity index (χ1) is 9.19. The second-order valence-corrected chi connectivity index (χ2v) is 5.22. The van der Waals surface area contributed by atoms with Crippen molar-refractivity contribution in [1.29, 1.82) is 0 Å². The fraction of sp³-hybridized carbons (Fsp3) is 0.600. The summed E-state index contributed by atoms with van der Waals surface area (Å²) in [6.45, 7) is 2.81. The average molecular weight is 263 g/mol. The Balaban J connectivity index is 1.81. The fourth-order valence-electron chi connectivity index (χ4n) is 2.35. The molecule has 0 bridgehead atoms. The topological polar surface area (TPSA) is 48.4 Å². The summed E-state index contributed by atoms with van der Waals surface area (Å²) >= 11 is 0. The van der Waals surface area contributed by atoms with E-state index in [-0.39, 0.29) is 5.97 Å². The molecule has 1 saturated carbocycles. The summed E-state index contributed by atoms with van der Waals surface area (Å²) in [5, 5.41) is 0. The first-order valence-electron chi connectivity index (χ1n) is 6.84. The van der Waals surface area contributed by atoms with Gasteiger partial charge < -0.3 is 9.47 Å². The molecule has 2 rings (SSSR count). The Morgan fingerprint density at radius 1 is 1.32 bits per heavy atom. The van der Waals surface area contributed by atoms with Gasteiger partial charge in [-0.2, -0.15) is 0 Å². The molecule has 0 atom stereocenters. The van der Waals surface area contributed by atoms with Crippen LogP contribution in [0.2, 0.25) is 0 Å². The lowest BCUT2D eigenvalue weighted by molar-refractivity contribution is 0.00725. The van der Waals surface area contributed by atoms with Crippen molar-refractivity contribution in [3.05, 3.63) is 29.6 Å². The Kier molecular flexibility index (Phi) is 4.91. The van der Waals surface area contributed by atoms with E-state index < -0.39 is 0 Å². The van der Waals surface area contributed by atoms with Crippen molar-refractivity contribution in [2.45, 2.75) is 45.3 Å². The number of methoxy groups -OCH3 is 1. The highest BCUT2D eigenvalue weighted by Crippen LogP contribution is 2.25. The highest BCUT2D eigenvalue weighted by atomic mass is 16.5. The lowest BCUT2D eigenvalue weighted by atomic mass is 9.89. The molecule has 1 heterocycles. The number of rotatable bonds is 4. The van der Waals surface area contributed by atoms with Crippen LogP contribution in [0.1, 0.15) is 48.7 Å². The number of esters is 1. The van der Waals surface area contributed by atoms with Crippen molar-refractivity contribution in [1.82, 2.24) is 4.98 Å². The number of hydrogen-bond acceptors (Lipinski definition) is 4. The molecule has 4 nitrogen and oxygen atoms in total. The van der Waals surface area contributed by atoms with Gasteiger partial charge in [-0.15, -0.1) is 0 Å². The molecule has 0 aromatic carbocycles. The maximum absolute atomic E-state index is 11.3. The van der Waals surface area contributed by atoms with Crippen LogP contribution in [-0.4, -0.2) is 24.2 Å². The van der Waals surface area contributed by atoms with E-state index >= 15 is 0 Å². The van der Waals surface area contributed by atoms with Crippen LogP contribution in [0.3, 0.4) is 0 Å². The molecule has 0 radical (unpaired) electrons. The predicted molar refractivity (Wildman–Crippen MR) is 71.8 cm³/mol. The van der Waals surface area contributed by atoms with E-state index in [0.29, 0.717) is 18.3 Å². The van der Waals surface area contributed by atoms with Gasteiger partial charge >= 0.3 is 5.97 Å². The van der Waals surface area contributed by atoms with E-state index in [0.717, 1.165) is 24.5 Å². The normalized spacial score (nSPS) is 23.1. The van der Waals surface area contributed by atoms with E-state index in [1.807, 2.05) is 6.07 Å². The Morgan fingerprint density at radius 2 is 2.05 bits per heavy atom. The maximum Gasteiger partial charge on any atom is 0.339 e. The summed E-state index contributed by atoms with van der Waals surface area (Å²) < 4.78 is 10.5. The number of ether oxygens (including phenoxy) is 2. The third kappa shape index (κ3) is 4.03. The molecule has 19 heavy (non-hydrogen) atoms. The summed E-state index contributed by atoms with van der Waals surface area (Å²) in [5.41, 5.74) is 1.32.